The van der Waals surface area contributed by atoms with Crippen LogP contribution in [-0.4, -0.2) is 19.1 Å². The van der Waals surface area contributed by atoms with Crippen molar-refractivity contribution in [3.63, 3.8) is 0 Å². The van der Waals surface area contributed by atoms with Crippen LogP contribution >= 0.6 is 0 Å². The highest BCUT2D eigenvalue weighted by atomic mass is 19.1. The summed E-state index contributed by atoms with van der Waals surface area (Å²) >= 11 is 0. The van der Waals surface area contributed by atoms with Gasteiger partial charge in [-0.15, -0.1) is 0 Å². The fourth-order valence-electron chi connectivity index (χ4n) is 3.38. The minimum atomic E-state index is -0.105. The first-order chi connectivity index (χ1) is 9.51. The Labute approximate surface area is 122 Å². The lowest BCUT2D eigenvalue weighted by Gasteiger charge is -2.28. The molecule has 1 atom stereocenters. The first-order valence-corrected chi connectivity index (χ1v) is 7.79. The monoisotopic (exact) mass is 278 g/mol. The van der Waals surface area contributed by atoms with Crippen LogP contribution < -0.4 is 10.6 Å². The molecule has 2 nitrogen and oxygen atoms in total. The number of rotatable bonds is 5. The second kappa shape index (κ2) is 6.13. The maximum atomic E-state index is 14.3. The van der Waals surface area contributed by atoms with E-state index in [1.165, 1.54) is 0 Å². The molecule has 1 saturated heterocycles. The van der Waals surface area contributed by atoms with Crippen molar-refractivity contribution in [3.05, 3.63) is 29.6 Å². The number of hydrogen-bond donors (Lipinski definition) is 1. The summed E-state index contributed by atoms with van der Waals surface area (Å²) < 4.78 is 14.3. The van der Waals surface area contributed by atoms with Crippen LogP contribution in [0.3, 0.4) is 0 Å². The van der Waals surface area contributed by atoms with Crippen LogP contribution in [-0.2, 0) is 6.42 Å². The molecule has 112 valence electrons. The molecule has 0 spiro atoms. The van der Waals surface area contributed by atoms with Crippen LogP contribution in [0.1, 0.15) is 45.6 Å². The van der Waals surface area contributed by atoms with Crippen molar-refractivity contribution in [3.8, 4) is 0 Å². The molecule has 0 bridgehead atoms. The van der Waals surface area contributed by atoms with E-state index in [2.05, 4.69) is 18.7 Å². The van der Waals surface area contributed by atoms with E-state index in [9.17, 15) is 4.39 Å². The molecule has 20 heavy (non-hydrogen) atoms. The van der Waals surface area contributed by atoms with E-state index in [1.807, 2.05) is 13.0 Å². The number of anilines is 1. The molecule has 0 aromatic heterocycles. The van der Waals surface area contributed by atoms with Crippen LogP contribution in [0.5, 0.6) is 0 Å². The van der Waals surface area contributed by atoms with Gasteiger partial charge in [0.1, 0.15) is 5.82 Å². The van der Waals surface area contributed by atoms with Crippen LogP contribution in [0.2, 0.25) is 0 Å². The average molecular weight is 278 g/mol. The molecule has 2 N–H and O–H groups in total. The Morgan fingerprint density at radius 3 is 2.60 bits per heavy atom. The Bertz CT molecular complexity index is 452. The summed E-state index contributed by atoms with van der Waals surface area (Å²) in [6.45, 7) is 8.39. The van der Waals surface area contributed by atoms with Crippen molar-refractivity contribution in [2.24, 2.45) is 11.1 Å². The SMILES string of the molecule is CCC1(CC)CCN(c2c(F)cccc2CC(C)N)C1. The van der Waals surface area contributed by atoms with E-state index in [4.69, 9.17) is 5.73 Å². The van der Waals surface area contributed by atoms with Crippen molar-refractivity contribution < 1.29 is 4.39 Å². The second-order valence-corrected chi connectivity index (χ2v) is 6.31. The Morgan fingerprint density at radius 1 is 1.35 bits per heavy atom. The van der Waals surface area contributed by atoms with E-state index in [-0.39, 0.29) is 11.9 Å². The highest BCUT2D eigenvalue weighted by Crippen LogP contribution is 2.40. The van der Waals surface area contributed by atoms with Crippen LogP contribution in [0.4, 0.5) is 10.1 Å². The summed E-state index contributed by atoms with van der Waals surface area (Å²) in [4.78, 5) is 2.24. The number of nitrogens with two attached hydrogens (primary N) is 1. The molecule has 3 heteroatoms. The number of hydrogen-bond acceptors (Lipinski definition) is 2. The number of para-hydroxylation sites is 1. The molecular formula is C17H27FN2. The van der Waals surface area contributed by atoms with Crippen molar-refractivity contribution in [2.45, 2.75) is 52.5 Å². The zero-order chi connectivity index (χ0) is 14.8. The third-order valence-electron chi connectivity index (χ3n) is 4.87. The minimum Gasteiger partial charge on any atom is -0.368 e. The van der Waals surface area contributed by atoms with Gasteiger partial charge in [0.25, 0.3) is 0 Å². The fraction of sp³-hybridized carbons (Fsp3) is 0.647. The van der Waals surface area contributed by atoms with Gasteiger partial charge < -0.3 is 10.6 Å². The van der Waals surface area contributed by atoms with Gasteiger partial charge in [0.15, 0.2) is 0 Å². The predicted molar refractivity (Wildman–Crippen MR) is 83.6 cm³/mol. The van der Waals surface area contributed by atoms with Crippen molar-refractivity contribution in [1.29, 1.82) is 0 Å². The first kappa shape index (κ1) is 15.3. The zero-order valence-corrected chi connectivity index (χ0v) is 13.0. The molecule has 1 unspecified atom stereocenters. The lowest BCUT2D eigenvalue weighted by Crippen LogP contribution is -2.28. The molecule has 0 amide bonds. The molecule has 0 saturated carbocycles. The molecule has 1 aliphatic heterocycles. The van der Waals surface area contributed by atoms with Crippen molar-refractivity contribution in [1.82, 2.24) is 0 Å². The lowest BCUT2D eigenvalue weighted by molar-refractivity contribution is 0.301. The van der Waals surface area contributed by atoms with Crippen molar-refractivity contribution in [2.75, 3.05) is 18.0 Å². The topological polar surface area (TPSA) is 29.3 Å². The predicted octanol–water partition coefficient (Wildman–Crippen LogP) is 3.73. The van der Waals surface area contributed by atoms with Gasteiger partial charge in [0, 0.05) is 19.1 Å². The Balaban J connectivity index is 2.29. The van der Waals surface area contributed by atoms with Gasteiger partial charge >= 0.3 is 0 Å². The molecule has 1 heterocycles. The zero-order valence-electron chi connectivity index (χ0n) is 13.0. The lowest BCUT2D eigenvalue weighted by atomic mass is 9.82. The Kier molecular flexibility index (Phi) is 4.69. The largest absolute Gasteiger partial charge is 0.368 e. The van der Waals surface area contributed by atoms with E-state index >= 15 is 0 Å². The molecule has 1 fully saturated rings. The van der Waals surface area contributed by atoms with Gasteiger partial charge in [-0.25, -0.2) is 4.39 Å². The maximum absolute atomic E-state index is 14.3. The highest BCUT2D eigenvalue weighted by Gasteiger charge is 2.36. The third kappa shape index (κ3) is 2.98. The number of halogens is 1. The molecular weight excluding hydrogens is 251 g/mol. The average Bonchev–Trinajstić information content (AvgIpc) is 2.83. The van der Waals surface area contributed by atoms with Gasteiger partial charge in [-0.2, -0.15) is 0 Å². The highest BCUT2D eigenvalue weighted by molar-refractivity contribution is 5.56. The first-order valence-electron chi connectivity index (χ1n) is 7.79. The summed E-state index contributed by atoms with van der Waals surface area (Å²) in [5.74, 6) is -0.105. The number of benzene rings is 1. The third-order valence-corrected chi connectivity index (χ3v) is 4.87. The fourth-order valence-corrected chi connectivity index (χ4v) is 3.38. The quantitative estimate of drug-likeness (QED) is 0.889. The molecule has 2 rings (SSSR count). The maximum Gasteiger partial charge on any atom is 0.146 e. The summed E-state index contributed by atoms with van der Waals surface area (Å²) in [6.07, 6.45) is 4.22. The van der Waals surface area contributed by atoms with Gasteiger partial charge in [-0.3, -0.25) is 0 Å². The molecule has 0 aliphatic carbocycles. The van der Waals surface area contributed by atoms with Gasteiger partial charge in [-0.1, -0.05) is 26.0 Å². The van der Waals surface area contributed by atoms with Gasteiger partial charge in [-0.05, 0) is 49.7 Å². The summed E-state index contributed by atoms with van der Waals surface area (Å²) in [6, 6.07) is 5.43. The van der Waals surface area contributed by atoms with Crippen molar-refractivity contribution >= 4 is 5.69 Å². The van der Waals surface area contributed by atoms with E-state index in [0.717, 1.165) is 50.0 Å². The van der Waals surface area contributed by atoms with E-state index in [0.29, 0.717) is 5.41 Å². The van der Waals surface area contributed by atoms with Crippen LogP contribution in [0.25, 0.3) is 0 Å². The Hall–Kier alpha value is -1.09. The molecule has 1 aromatic rings. The van der Waals surface area contributed by atoms with E-state index < -0.39 is 0 Å². The molecule has 0 radical (unpaired) electrons. The Morgan fingerprint density at radius 2 is 2.05 bits per heavy atom. The van der Waals surface area contributed by atoms with Crippen LogP contribution in [0, 0.1) is 11.2 Å². The van der Waals surface area contributed by atoms with E-state index in [1.54, 1.807) is 12.1 Å². The van der Waals surface area contributed by atoms with Gasteiger partial charge in [0.05, 0.1) is 5.69 Å². The smallest absolute Gasteiger partial charge is 0.146 e. The summed E-state index contributed by atoms with van der Waals surface area (Å²) in [7, 11) is 0. The standard InChI is InChI=1S/C17H27FN2/c1-4-17(5-2)9-10-20(12-17)16-14(11-13(3)19)7-6-8-15(16)18/h6-8,13H,4-5,9-12,19H2,1-3H3. The normalized spacial score (nSPS) is 19.4. The van der Waals surface area contributed by atoms with Crippen LogP contribution in [0.15, 0.2) is 18.2 Å². The number of nitrogens with zero attached hydrogens (tertiary/aromatic N) is 1. The van der Waals surface area contributed by atoms with Gasteiger partial charge in [0.2, 0.25) is 0 Å². The second-order valence-electron chi connectivity index (χ2n) is 6.31. The minimum absolute atomic E-state index is 0.0558. The molecule has 1 aliphatic rings. The summed E-state index contributed by atoms with van der Waals surface area (Å²) in [5.41, 5.74) is 8.09. The molecule has 1 aromatic carbocycles. The summed E-state index contributed by atoms with van der Waals surface area (Å²) in [5, 5.41) is 0.